The third kappa shape index (κ3) is 4.35. The molecule has 0 aliphatic carbocycles. The van der Waals surface area contributed by atoms with Gasteiger partial charge in [-0.05, 0) is 63.6 Å². The second-order valence-electron chi connectivity index (χ2n) is 8.96. The van der Waals surface area contributed by atoms with Crippen molar-refractivity contribution in [3.8, 4) is 0 Å². The average molecular weight is 526 g/mol. The number of fused-ring (bicyclic) bond motifs is 3. The van der Waals surface area contributed by atoms with E-state index in [1.165, 1.54) is 3.97 Å². The molecule has 33 heavy (non-hydrogen) atoms. The predicted molar refractivity (Wildman–Crippen MR) is 136 cm³/mol. The zero-order valence-corrected chi connectivity index (χ0v) is 21.2. The Labute approximate surface area is 201 Å². The number of carbonyl (C=O) groups excluding carboxylic acids is 1. The van der Waals surface area contributed by atoms with E-state index in [-0.39, 0.29) is 10.5 Å². The smallest absolute Gasteiger partial charge is 0.338 e. The Hall–Kier alpha value is -2.90. The third-order valence-corrected chi connectivity index (χ3v) is 7.47. The maximum Gasteiger partial charge on any atom is 0.338 e. The van der Waals surface area contributed by atoms with E-state index in [9.17, 15) is 13.2 Å². The Morgan fingerprint density at radius 2 is 1.52 bits per heavy atom. The Balaban J connectivity index is 1.98. The molecule has 170 valence electrons. The van der Waals surface area contributed by atoms with Crippen LogP contribution in [0.25, 0.3) is 27.4 Å². The van der Waals surface area contributed by atoms with E-state index in [2.05, 4.69) is 22.5 Å². The van der Waals surface area contributed by atoms with E-state index in [4.69, 9.17) is 4.74 Å². The quantitative estimate of drug-likeness (QED) is 0.226. The van der Waals surface area contributed by atoms with Gasteiger partial charge in [0.2, 0.25) is 0 Å². The maximum atomic E-state index is 13.8. The summed E-state index contributed by atoms with van der Waals surface area (Å²) in [5.74, 6) is -0.548. The molecule has 4 aromatic rings. The zero-order chi connectivity index (χ0) is 24.1. The van der Waals surface area contributed by atoms with E-state index in [0.29, 0.717) is 16.6 Å². The Bertz CT molecular complexity index is 1520. The first kappa shape index (κ1) is 23.3. The van der Waals surface area contributed by atoms with E-state index < -0.39 is 21.6 Å². The van der Waals surface area contributed by atoms with Crippen LogP contribution in [0.15, 0.2) is 76.6 Å². The van der Waals surface area contributed by atoms with Crippen molar-refractivity contribution in [3.63, 3.8) is 0 Å². The van der Waals surface area contributed by atoms with Crippen molar-refractivity contribution in [1.29, 1.82) is 0 Å². The maximum absolute atomic E-state index is 13.8. The highest BCUT2D eigenvalue weighted by Gasteiger charge is 2.25. The van der Waals surface area contributed by atoms with Gasteiger partial charge in [-0.2, -0.15) is 0 Å². The number of rotatable bonds is 4. The van der Waals surface area contributed by atoms with Crippen LogP contribution in [0.5, 0.6) is 0 Å². The van der Waals surface area contributed by atoms with Gasteiger partial charge in [0.05, 0.1) is 21.5 Å². The van der Waals surface area contributed by atoms with Gasteiger partial charge in [-0.1, -0.05) is 58.4 Å². The average Bonchev–Trinajstić information content (AvgIpc) is 3.05. The molecule has 0 radical (unpaired) electrons. The molecular weight excluding hydrogens is 502 g/mol. The molecule has 1 heterocycles. The summed E-state index contributed by atoms with van der Waals surface area (Å²) in [6.45, 7) is 11.2. The predicted octanol–water partition coefficient (Wildman–Crippen LogP) is 6.46. The molecule has 0 amide bonds. The van der Waals surface area contributed by atoms with Crippen molar-refractivity contribution in [3.05, 3.63) is 82.8 Å². The van der Waals surface area contributed by atoms with Crippen LogP contribution in [-0.2, 0) is 19.6 Å². The highest BCUT2D eigenvalue weighted by atomic mass is 79.9. The van der Waals surface area contributed by atoms with E-state index in [1.807, 2.05) is 25.1 Å². The van der Waals surface area contributed by atoms with Gasteiger partial charge in [0, 0.05) is 15.2 Å². The summed E-state index contributed by atoms with van der Waals surface area (Å²) in [5, 5.41) is 1.55. The largest absolute Gasteiger partial charge is 0.456 e. The lowest BCUT2D eigenvalue weighted by atomic mass is 10.0. The van der Waals surface area contributed by atoms with Crippen LogP contribution in [0.1, 0.15) is 31.9 Å². The number of ether oxygens (including phenoxy) is 1. The molecular formula is C26H24BrNO4S. The molecule has 0 saturated heterocycles. The van der Waals surface area contributed by atoms with E-state index in [0.717, 1.165) is 20.8 Å². The standard InChI is InChI=1S/C26H24BrNO4S/c1-16-6-10-20(11-7-16)33(30,31)28-23-14-18(17(2)25(29)32-26(3,4)5)8-12-21(23)22-13-9-19(27)15-24(22)28/h6-15H,2H2,1,3-5H3. The molecule has 0 spiro atoms. The molecule has 0 bridgehead atoms. The number of esters is 1. The van der Waals surface area contributed by atoms with E-state index >= 15 is 0 Å². The topological polar surface area (TPSA) is 65.4 Å². The van der Waals surface area contributed by atoms with Gasteiger partial charge in [-0.3, -0.25) is 0 Å². The van der Waals surface area contributed by atoms with Crippen molar-refractivity contribution >= 4 is 59.3 Å². The molecule has 0 aliphatic rings. The van der Waals surface area contributed by atoms with Crippen LogP contribution in [0.4, 0.5) is 0 Å². The van der Waals surface area contributed by atoms with Crippen LogP contribution in [0.2, 0.25) is 0 Å². The molecule has 7 heteroatoms. The van der Waals surface area contributed by atoms with Crippen LogP contribution < -0.4 is 0 Å². The number of benzene rings is 3. The summed E-state index contributed by atoms with van der Waals surface area (Å²) < 4.78 is 35.1. The summed E-state index contributed by atoms with van der Waals surface area (Å²) in [5.41, 5.74) is 1.97. The molecule has 1 aromatic heterocycles. The Morgan fingerprint density at radius 1 is 0.939 bits per heavy atom. The number of nitrogens with zero attached hydrogens (tertiary/aromatic N) is 1. The fourth-order valence-electron chi connectivity index (χ4n) is 3.68. The van der Waals surface area contributed by atoms with Crippen molar-refractivity contribution in [2.24, 2.45) is 0 Å². The van der Waals surface area contributed by atoms with Crippen LogP contribution in [-0.4, -0.2) is 24.0 Å². The second kappa shape index (κ2) is 8.15. The number of aromatic nitrogens is 1. The summed E-state index contributed by atoms with van der Waals surface area (Å²) in [4.78, 5) is 12.8. The first-order chi connectivity index (χ1) is 15.4. The summed E-state index contributed by atoms with van der Waals surface area (Å²) >= 11 is 3.46. The summed E-state index contributed by atoms with van der Waals surface area (Å²) in [6, 6.07) is 17.5. The molecule has 0 unspecified atom stereocenters. The number of hydrogen-bond acceptors (Lipinski definition) is 4. The van der Waals surface area contributed by atoms with Gasteiger partial charge >= 0.3 is 5.97 Å². The first-order valence-electron chi connectivity index (χ1n) is 10.4. The fraction of sp³-hybridized carbons (Fsp3) is 0.192. The number of carbonyl (C=O) groups is 1. The van der Waals surface area contributed by atoms with Crippen LogP contribution >= 0.6 is 15.9 Å². The van der Waals surface area contributed by atoms with Gasteiger partial charge in [0.15, 0.2) is 0 Å². The second-order valence-corrected chi connectivity index (χ2v) is 11.7. The first-order valence-corrected chi connectivity index (χ1v) is 12.6. The normalized spacial score (nSPS) is 12.3. The van der Waals surface area contributed by atoms with Gasteiger partial charge < -0.3 is 4.74 Å². The molecule has 0 atom stereocenters. The molecule has 0 aliphatic heterocycles. The minimum Gasteiger partial charge on any atom is -0.456 e. The third-order valence-electron chi connectivity index (χ3n) is 5.24. The monoisotopic (exact) mass is 525 g/mol. The number of aryl methyl sites for hydroxylation is 1. The molecule has 4 rings (SSSR count). The molecule has 0 N–H and O–H groups in total. The molecule has 0 saturated carbocycles. The van der Waals surface area contributed by atoms with Crippen molar-refractivity contribution < 1.29 is 17.9 Å². The zero-order valence-electron chi connectivity index (χ0n) is 18.8. The Kier molecular flexibility index (Phi) is 5.75. The fourth-order valence-corrected chi connectivity index (χ4v) is 5.54. The molecule has 3 aromatic carbocycles. The van der Waals surface area contributed by atoms with Crippen molar-refractivity contribution in [2.45, 2.75) is 38.2 Å². The number of halogens is 1. The number of hydrogen-bond donors (Lipinski definition) is 0. The highest BCUT2D eigenvalue weighted by molar-refractivity contribution is 9.10. The lowest BCUT2D eigenvalue weighted by molar-refractivity contribution is -0.147. The van der Waals surface area contributed by atoms with Crippen molar-refractivity contribution in [2.75, 3.05) is 0 Å². The van der Waals surface area contributed by atoms with Crippen molar-refractivity contribution in [1.82, 2.24) is 3.97 Å². The SMILES string of the molecule is C=C(C(=O)OC(C)(C)C)c1ccc2c3ccc(Br)cc3n(S(=O)(=O)c3ccc(C)cc3)c2c1. The summed E-state index contributed by atoms with van der Waals surface area (Å²) in [7, 11) is -3.92. The van der Waals surface area contributed by atoms with Gasteiger partial charge in [0.1, 0.15) is 5.60 Å². The van der Waals surface area contributed by atoms with Gasteiger partial charge in [-0.25, -0.2) is 17.2 Å². The van der Waals surface area contributed by atoms with Crippen LogP contribution in [0.3, 0.4) is 0 Å². The molecule has 5 nitrogen and oxygen atoms in total. The minimum atomic E-state index is -3.92. The highest BCUT2D eigenvalue weighted by Crippen LogP contribution is 2.35. The lowest BCUT2D eigenvalue weighted by Gasteiger charge is -2.20. The molecule has 0 fully saturated rings. The lowest BCUT2D eigenvalue weighted by Crippen LogP contribution is -2.24. The van der Waals surface area contributed by atoms with Gasteiger partial charge in [-0.15, -0.1) is 0 Å². The van der Waals surface area contributed by atoms with Crippen LogP contribution in [0, 0.1) is 6.92 Å². The summed E-state index contributed by atoms with van der Waals surface area (Å²) in [6.07, 6.45) is 0. The van der Waals surface area contributed by atoms with E-state index in [1.54, 1.807) is 63.2 Å². The minimum absolute atomic E-state index is 0.164. The van der Waals surface area contributed by atoms with Gasteiger partial charge in [0.25, 0.3) is 10.0 Å². The Morgan fingerprint density at radius 3 is 2.12 bits per heavy atom.